The molecule has 4 heteroatoms. The van der Waals surface area contributed by atoms with Crippen molar-refractivity contribution in [2.75, 3.05) is 0 Å². The van der Waals surface area contributed by atoms with Crippen LogP contribution in [0.2, 0.25) is 0 Å². The van der Waals surface area contributed by atoms with Gasteiger partial charge in [0.05, 0.1) is 5.69 Å². The fourth-order valence-electron chi connectivity index (χ4n) is 2.79. The Morgan fingerprint density at radius 3 is 2.75 bits per heavy atom. The summed E-state index contributed by atoms with van der Waals surface area (Å²) in [7, 11) is 0. The van der Waals surface area contributed by atoms with Gasteiger partial charge in [0.25, 0.3) is 0 Å². The van der Waals surface area contributed by atoms with Crippen LogP contribution in [-0.4, -0.2) is 15.3 Å². The van der Waals surface area contributed by atoms with Crippen LogP contribution in [0.1, 0.15) is 51.3 Å². The van der Waals surface area contributed by atoms with Crippen molar-refractivity contribution in [3.05, 3.63) is 34.3 Å². The van der Waals surface area contributed by atoms with Crippen molar-refractivity contribution in [2.45, 2.75) is 45.6 Å². The standard InChI is InChI=1S/C16H19BrN2O/c1-9(2)11-6-13(10(3)15(20)7-11)14-8-19(12-4-5-12)16(17)18-14/h8,11-12H,1,4-7H2,2-3H3. The first kappa shape index (κ1) is 13.8. The topological polar surface area (TPSA) is 34.9 Å². The molecule has 0 spiro atoms. The van der Waals surface area contributed by atoms with Gasteiger partial charge in [0, 0.05) is 18.7 Å². The lowest BCUT2D eigenvalue weighted by molar-refractivity contribution is -0.116. The van der Waals surface area contributed by atoms with Crippen LogP contribution in [0.15, 0.2) is 28.7 Å². The summed E-state index contributed by atoms with van der Waals surface area (Å²) in [6.07, 6.45) is 6.00. The highest BCUT2D eigenvalue weighted by molar-refractivity contribution is 9.10. The third-order valence-electron chi connectivity index (χ3n) is 4.39. The number of imidazole rings is 1. The monoisotopic (exact) mass is 334 g/mol. The first-order valence-corrected chi connectivity index (χ1v) is 7.89. The van der Waals surface area contributed by atoms with Crippen molar-refractivity contribution in [1.29, 1.82) is 0 Å². The van der Waals surface area contributed by atoms with Crippen molar-refractivity contribution in [3.63, 3.8) is 0 Å². The lowest BCUT2D eigenvalue weighted by Gasteiger charge is -2.24. The molecule has 0 bridgehead atoms. The Hall–Kier alpha value is -1.16. The summed E-state index contributed by atoms with van der Waals surface area (Å²) in [5.74, 6) is 0.488. The molecular weight excluding hydrogens is 316 g/mol. The van der Waals surface area contributed by atoms with Crippen molar-refractivity contribution in [1.82, 2.24) is 9.55 Å². The lowest BCUT2D eigenvalue weighted by atomic mass is 9.79. The van der Waals surface area contributed by atoms with Crippen LogP contribution in [0.3, 0.4) is 0 Å². The Balaban J connectivity index is 1.98. The van der Waals surface area contributed by atoms with Crippen molar-refractivity contribution in [2.24, 2.45) is 5.92 Å². The molecule has 1 heterocycles. The number of hydrogen-bond acceptors (Lipinski definition) is 2. The van der Waals surface area contributed by atoms with E-state index in [1.807, 2.05) is 13.8 Å². The first-order chi connectivity index (χ1) is 9.47. The van der Waals surface area contributed by atoms with Crippen LogP contribution < -0.4 is 0 Å². The third-order valence-corrected chi connectivity index (χ3v) is 4.97. The molecule has 1 atom stereocenters. The number of carbonyl (C=O) groups excluding carboxylic acids is 1. The van der Waals surface area contributed by atoms with E-state index in [2.05, 4.69) is 38.3 Å². The second-order valence-corrected chi connectivity index (χ2v) is 6.72. The molecule has 1 aromatic rings. The summed E-state index contributed by atoms with van der Waals surface area (Å²) in [4.78, 5) is 16.8. The lowest BCUT2D eigenvalue weighted by Crippen LogP contribution is -2.18. The molecule has 3 rings (SSSR count). The summed E-state index contributed by atoms with van der Waals surface area (Å²) < 4.78 is 3.06. The maximum atomic E-state index is 12.2. The second-order valence-electron chi connectivity index (χ2n) is 6.01. The van der Waals surface area contributed by atoms with Crippen LogP contribution in [0.25, 0.3) is 5.57 Å². The van der Waals surface area contributed by atoms with Crippen LogP contribution in [0.4, 0.5) is 0 Å². The van der Waals surface area contributed by atoms with E-state index in [9.17, 15) is 4.79 Å². The molecule has 1 unspecified atom stereocenters. The van der Waals surface area contributed by atoms with E-state index >= 15 is 0 Å². The largest absolute Gasteiger partial charge is 0.322 e. The van der Waals surface area contributed by atoms with Gasteiger partial charge in [0.1, 0.15) is 0 Å². The van der Waals surface area contributed by atoms with Crippen molar-refractivity contribution >= 4 is 27.3 Å². The van der Waals surface area contributed by atoms with E-state index in [4.69, 9.17) is 0 Å². The number of ketones is 1. The highest BCUT2D eigenvalue weighted by atomic mass is 79.9. The quantitative estimate of drug-likeness (QED) is 0.772. The second kappa shape index (κ2) is 4.99. The summed E-state index contributed by atoms with van der Waals surface area (Å²) >= 11 is 3.53. The van der Waals surface area contributed by atoms with Gasteiger partial charge in [0.15, 0.2) is 10.5 Å². The van der Waals surface area contributed by atoms with Crippen LogP contribution in [-0.2, 0) is 4.79 Å². The molecule has 2 aliphatic carbocycles. The van der Waals surface area contributed by atoms with Gasteiger partial charge in [0.2, 0.25) is 0 Å². The predicted molar refractivity (Wildman–Crippen MR) is 83.3 cm³/mol. The van der Waals surface area contributed by atoms with E-state index < -0.39 is 0 Å². The average molecular weight is 335 g/mol. The van der Waals surface area contributed by atoms with Gasteiger partial charge in [-0.25, -0.2) is 4.98 Å². The number of carbonyl (C=O) groups is 1. The molecule has 1 aromatic heterocycles. The third kappa shape index (κ3) is 2.41. The zero-order valence-corrected chi connectivity index (χ0v) is 13.5. The molecule has 0 amide bonds. The van der Waals surface area contributed by atoms with E-state index in [-0.39, 0.29) is 11.7 Å². The van der Waals surface area contributed by atoms with E-state index in [0.29, 0.717) is 12.5 Å². The number of halogens is 1. The number of aromatic nitrogens is 2. The zero-order valence-electron chi connectivity index (χ0n) is 11.9. The molecule has 106 valence electrons. The smallest absolute Gasteiger partial charge is 0.177 e. The Kier molecular flexibility index (Phi) is 3.44. The Morgan fingerprint density at radius 1 is 1.45 bits per heavy atom. The summed E-state index contributed by atoms with van der Waals surface area (Å²) in [6.45, 7) is 7.95. The molecular formula is C16H19BrN2O. The van der Waals surface area contributed by atoms with Gasteiger partial charge in [-0.1, -0.05) is 12.2 Å². The van der Waals surface area contributed by atoms with Gasteiger partial charge in [-0.15, -0.1) is 0 Å². The molecule has 1 saturated carbocycles. The number of Topliss-reactive ketones (excluding diaryl/α,β-unsaturated/α-hetero) is 1. The molecule has 0 N–H and O–H groups in total. The minimum absolute atomic E-state index is 0.233. The Labute approximate surface area is 127 Å². The molecule has 0 aliphatic heterocycles. The number of nitrogens with zero attached hydrogens (tertiary/aromatic N) is 2. The molecule has 0 aromatic carbocycles. The van der Waals surface area contributed by atoms with E-state index in [1.165, 1.54) is 12.8 Å². The molecule has 0 radical (unpaired) electrons. The summed E-state index contributed by atoms with van der Waals surface area (Å²) in [5.41, 5.74) is 3.99. The van der Waals surface area contributed by atoms with E-state index in [0.717, 1.165) is 33.6 Å². The molecule has 1 fully saturated rings. The van der Waals surface area contributed by atoms with Gasteiger partial charge >= 0.3 is 0 Å². The number of hydrogen-bond donors (Lipinski definition) is 0. The van der Waals surface area contributed by atoms with Gasteiger partial charge < -0.3 is 4.57 Å². The van der Waals surface area contributed by atoms with Crippen LogP contribution in [0, 0.1) is 5.92 Å². The molecule has 0 saturated heterocycles. The fourth-order valence-corrected chi connectivity index (χ4v) is 3.37. The normalized spacial score (nSPS) is 23.4. The highest BCUT2D eigenvalue weighted by Crippen LogP contribution is 2.40. The minimum Gasteiger partial charge on any atom is -0.322 e. The van der Waals surface area contributed by atoms with Crippen LogP contribution >= 0.6 is 15.9 Å². The van der Waals surface area contributed by atoms with Crippen molar-refractivity contribution < 1.29 is 4.79 Å². The maximum absolute atomic E-state index is 12.2. The van der Waals surface area contributed by atoms with Crippen molar-refractivity contribution in [3.8, 4) is 0 Å². The SMILES string of the molecule is C=C(C)C1CC(=O)C(C)=C(c2cn(C3CC3)c(Br)n2)C1. The Morgan fingerprint density at radius 2 is 2.15 bits per heavy atom. The summed E-state index contributed by atoms with van der Waals surface area (Å²) in [5, 5.41) is 0. The zero-order chi connectivity index (χ0) is 14.4. The Bertz CT molecular complexity index is 622. The number of rotatable bonds is 3. The minimum atomic E-state index is 0.233. The van der Waals surface area contributed by atoms with E-state index in [1.54, 1.807) is 0 Å². The number of allylic oxidation sites excluding steroid dienone is 3. The van der Waals surface area contributed by atoms with Crippen LogP contribution in [0.5, 0.6) is 0 Å². The summed E-state index contributed by atoms with van der Waals surface area (Å²) in [6, 6.07) is 0.586. The van der Waals surface area contributed by atoms with Gasteiger partial charge in [-0.3, -0.25) is 4.79 Å². The fraction of sp³-hybridized carbons (Fsp3) is 0.500. The van der Waals surface area contributed by atoms with Gasteiger partial charge in [-0.05, 0) is 66.1 Å². The predicted octanol–water partition coefficient (Wildman–Crippen LogP) is 4.31. The highest BCUT2D eigenvalue weighted by Gasteiger charge is 2.30. The first-order valence-electron chi connectivity index (χ1n) is 7.10. The molecule has 2 aliphatic rings. The van der Waals surface area contributed by atoms with Gasteiger partial charge in [-0.2, -0.15) is 0 Å². The maximum Gasteiger partial charge on any atom is 0.177 e. The molecule has 20 heavy (non-hydrogen) atoms. The average Bonchev–Trinajstić information content (AvgIpc) is 3.16. The molecule has 3 nitrogen and oxygen atoms in total.